The molecule has 1 aliphatic heterocycles. The van der Waals surface area contributed by atoms with Crippen molar-refractivity contribution < 1.29 is 4.79 Å². The Morgan fingerprint density at radius 2 is 1.94 bits per heavy atom. The monoisotopic (exact) mass is 238 g/mol. The van der Waals surface area contributed by atoms with E-state index in [-0.39, 0.29) is 5.91 Å². The molecule has 0 radical (unpaired) electrons. The highest BCUT2D eigenvalue weighted by Crippen LogP contribution is 2.26. The summed E-state index contributed by atoms with van der Waals surface area (Å²) in [5.41, 5.74) is 0. The van der Waals surface area contributed by atoms with Gasteiger partial charge in [0.2, 0.25) is 5.91 Å². The van der Waals surface area contributed by atoms with Crippen molar-refractivity contribution in [1.29, 1.82) is 0 Å². The van der Waals surface area contributed by atoms with Gasteiger partial charge in [-0.25, -0.2) is 0 Å². The minimum Gasteiger partial charge on any atom is -0.356 e. The standard InChI is InChI=1S/C14H26N2O/c17-14(8-7-13-6-3-10-15-13)16-11-9-12-4-1-2-5-12/h12-13,15H,1-11H2,(H,16,17). The average molecular weight is 238 g/mol. The van der Waals surface area contributed by atoms with Crippen molar-refractivity contribution in [3.8, 4) is 0 Å². The number of carbonyl (C=O) groups is 1. The Morgan fingerprint density at radius 1 is 1.12 bits per heavy atom. The summed E-state index contributed by atoms with van der Waals surface area (Å²) in [7, 11) is 0. The molecule has 2 fully saturated rings. The van der Waals surface area contributed by atoms with Gasteiger partial charge in [0.05, 0.1) is 0 Å². The van der Waals surface area contributed by atoms with Crippen LogP contribution in [-0.2, 0) is 4.79 Å². The van der Waals surface area contributed by atoms with E-state index in [9.17, 15) is 4.79 Å². The molecule has 17 heavy (non-hydrogen) atoms. The molecule has 1 amide bonds. The fourth-order valence-corrected chi connectivity index (χ4v) is 3.11. The second kappa shape index (κ2) is 7.00. The second-order valence-electron chi connectivity index (χ2n) is 5.62. The normalized spacial score (nSPS) is 25.3. The molecule has 0 aromatic heterocycles. The van der Waals surface area contributed by atoms with E-state index in [1.54, 1.807) is 0 Å². The zero-order valence-corrected chi connectivity index (χ0v) is 10.8. The molecule has 2 N–H and O–H groups in total. The third kappa shape index (κ3) is 4.66. The van der Waals surface area contributed by atoms with Gasteiger partial charge in [-0.05, 0) is 38.1 Å². The molecule has 0 aromatic carbocycles. The lowest BCUT2D eigenvalue weighted by atomic mass is 10.0. The summed E-state index contributed by atoms with van der Waals surface area (Å²) in [4.78, 5) is 11.6. The number of carbonyl (C=O) groups excluding carboxylic acids is 1. The lowest BCUT2D eigenvalue weighted by Gasteiger charge is -2.11. The molecule has 2 rings (SSSR count). The number of amides is 1. The first kappa shape index (κ1) is 12.9. The number of hydrogen-bond donors (Lipinski definition) is 2. The third-order valence-corrected chi connectivity index (χ3v) is 4.23. The number of hydrogen-bond acceptors (Lipinski definition) is 2. The molecular formula is C14H26N2O. The molecule has 1 aliphatic carbocycles. The van der Waals surface area contributed by atoms with Crippen LogP contribution in [0.25, 0.3) is 0 Å². The number of rotatable bonds is 6. The molecule has 1 atom stereocenters. The van der Waals surface area contributed by atoms with E-state index in [0.29, 0.717) is 12.5 Å². The maximum Gasteiger partial charge on any atom is 0.220 e. The molecule has 2 aliphatic rings. The van der Waals surface area contributed by atoms with E-state index in [1.807, 2.05) is 0 Å². The smallest absolute Gasteiger partial charge is 0.220 e. The average Bonchev–Trinajstić information content (AvgIpc) is 2.99. The molecule has 1 heterocycles. The molecule has 1 saturated heterocycles. The van der Waals surface area contributed by atoms with Gasteiger partial charge in [0.1, 0.15) is 0 Å². The fraction of sp³-hybridized carbons (Fsp3) is 0.929. The summed E-state index contributed by atoms with van der Waals surface area (Å²) >= 11 is 0. The highest BCUT2D eigenvalue weighted by Gasteiger charge is 2.16. The fourth-order valence-electron chi connectivity index (χ4n) is 3.11. The molecule has 1 unspecified atom stereocenters. The highest BCUT2D eigenvalue weighted by atomic mass is 16.1. The van der Waals surface area contributed by atoms with Gasteiger partial charge >= 0.3 is 0 Å². The van der Waals surface area contributed by atoms with Crippen LogP contribution in [0.15, 0.2) is 0 Å². The SMILES string of the molecule is O=C(CCC1CCCN1)NCCC1CCCC1. The Bertz CT molecular complexity index is 230. The van der Waals surface area contributed by atoms with Gasteiger partial charge in [0.15, 0.2) is 0 Å². The lowest BCUT2D eigenvalue weighted by molar-refractivity contribution is -0.121. The van der Waals surface area contributed by atoms with Crippen LogP contribution in [0.5, 0.6) is 0 Å². The Labute approximate surface area is 105 Å². The van der Waals surface area contributed by atoms with Crippen LogP contribution in [0.3, 0.4) is 0 Å². The summed E-state index contributed by atoms with van der Waals surface area (Å²) in [5, 5.41) is 6.50. The van der Waals surface area contributed by atoms with Crippen molar-refractivity contribution in [3.63, 3.8) is 0 Å². The van der Waals surface area contributed by atoms with E-state index in [4.69, 9.17) is 0 Å². The van der Waals surface area contributed by atoms with Crippen molar-refractivity contribution in [2.45, 2.75) is 63.8 Å². The molecule has 3 nitrogen and oxygen atoms in total. The van der Waals surface area contributed by atoms with Gasteiger partial charge in [-0.2, -0.15) is 0 Å². The van der Waals surface area contributed by atoms with Crippen LogP contribution < -0.4 is 10.6 Å². The molecule has 3 heteroatoms. The summed E-state index contributed by atoms with van der Waals surface area (Å²) in [6, 6.07) is 0.593. The Kier molecular flexibility index (Phi) is 5.30. The molecule has 0 spiro atoms. The second-order valence-corrected chi connectivity index (χ2v) is 5.62. The van der Waals surface area contributed by atoms with E-state index >= 15 is 0 Å². The quantitative estimate of drug-likeness (QED) is 0.745. The van der Waals surface area contributed by atoms with Crippen molar-refractivity contribution in [2.24, 2.45) is 5.92 Å². The van der Waals surface area contributed by atoms with E-state index in [1.165, 1.54) is 44.9 Å². The molecule has 98 valence electrons. The summed E-state index contributed by atoms with van der Waals surface area (Å²) in [5.74, 6) is 1.13. The largest absolute Gasteiger partial charge is 0.356 e. The van der Waals surface area contributed by atoms with Gasteiger partial charge in [-0.15, -0.1) is 0 Å². The van der Waals surface area contributed by atoms with Crippen molar-refractivity contribution in [1.82, 2.24) is 10.6 Å². The Hall–Kier alpha value is -0.570. The zero-order chi connectivity index (χ0) is 11.9. The lowest BCUT2D eigenvalue weighted by Crippen LogP contribution is -2.28. The van der Waals surface area contributed by atoms with Crippen LogP contribution in [0, 0.1) is 5.92 Å². The third-order valence-electron chi connectivity index (χ3n) is 4.23. The molecule has 0 bridgehead atoms. The Morgan fingerprint density at radius 3 is 2.65 bits per heavy atom. The van der Waals surface area contributed by atoms with E-state index < -0.39 is 0 Å². The molecule has 0 aromatic rings. The van der Waals surface area contributed by atoms with Crippen LogP contribution in [0.4, 0.5) is 0 Å². The first-order valence-electron chi connectivity index (χ1n) is 7.34. The van der Waals surface area contributed by atoms with E-state index in [2.05, 4.69) is 10.6 Å². The van der Waals surface area contributed by atoms with Crippen LogP contribution in [0.2, 0.25) is 0 Å². The first-order valence-corrected chi connectivity index (χ1v) is 7.34. The van der Waals surface area contributed by atoms with Crippen LogP contribution >= 0.6 is 0 Å². The molecular weight excluding hydrogens is 212 g/mol. The minimum atomic E-state index is 0.247. The summed E-state index contributed by atoms with van der Waals surface area (Å²) in [6.07, 6.45) is 11.0. The van der Waals surface area contributed by atoms with Crippen molar-refractivity contribution >= 4 is 5.91 Å². The predicted molar refractivity (Wildman–Crippen MR) is 69.8 cm³/mol. The van der Waals surface area contributed by atoms with Crippen molar-refractivity contribution in [3.05, 3.63) is 0 Å². The van der Waals surface area contributed by atoms with Gasteiger partial charge in [-0.3, -0.25) is 4.79 Å². The molecule has 1 saturated carbocycles. The highest BCUT2D eigenvalue weighted by molar-refractivity contribution is 5.75. The van der Waals surface area contributed by atoms with Crippen molar-refractivity contribution in [2.75, 3.05) is 13.1 Å². The van der Waals surface area contributed by atoms with Gasteiger partial charge in [0.25, 0.3) is 0 Å². The maximum absolute atomic E-state index is 11.6. The minimum absolute atomic E-state index is 0.247. The summed E-state index contributed by atoms with van der Waals surface area (Å²) in [6.45, 7) is 2.02. The van der Waals surface area contributed by atoms with Gasteiger partial charge < -0.3 is 10.6 Å². The van der Waals surface area contributed by atoms with Crippen LogP contribution in [-0.4, -0.2) is 25.0 Å². The predicted octanol–water partition coefficient (Wildman–Crippen LogP) is 2.22. The topological polar surface area (TPSA) is 41.1 Å². The first-order chi connectivity index (χ1) is 8.34. The zero-order valence-electron chi connectivity index (χ0n) is 10.8. The summed E-state index contributed by atoms with van der Waals surface area (Å²) < 4.78 is 0. The van der Waals surface area contributed by atoms with Crippen LogP contribution in [0.1, 0.15) is 57.8 Å². The van der Waals surface area contributed by atoms with E-state index in [0.717, 1.165) is 25.4 Å². The maximum atomic E-state index is 11.6. The van der Waals surface area contributed by atoms with Gasteiger partial charge in [0, 0.05) is 19.0 Å². The Balaban J connectivity index is 1.48. The number of nitrogens with one attached hydrogen (secondary N) is 2. The van der Waals surface area contributed by atoms with Gasteiger partial charge in [-0.1, -0.05) is 25.7 Å².